The predicted molar refractivity (Wildman–Crippen MR) is 136 cm³/mol. The highest BCUT2D eigenvalue weighted by Gasteiger charge is 2.67. The van der Waals surface area contributed by atoms with Crippen LogP contribution in [-0.4, -0.2) is 51.0 Å². The molecule has 2 aliphatic heterocycles. The van der Waals surface area contributed by atoms with Crippen molar-refractivity contribution in [3.63, 3.8) is 0 Å². The van der Waals surface area contributed by atoms with Gasteiger partial charge in [-0.25, -0.2) is 4.79 Å². The van der Waals surface area contributed by atoms with Crippen LogP contribution in [0.15, 0.2) is 60.7 Å². The van der Waals surface area contributed by atoms with Crippen LogP contribution < -0.4 is 5.32 Å². The molecule has 1 aliphatic carbocycles. The number of amides is 1. The van der Waals surface area contributed by atoms with Crippen molar-refractivity contribution in [1.29, 1.82) is 0 Å². The third-order valence-corrected chi connectivity index (χ3v) is 8.17. The molecule has 7 nitrogen and oxygen atoms in total. The Kier molecular flexibility index (Phi) is 7.71. The predicted octanol–water partition coefficient (Wildman–Crippen LogP) is 3.20. The van der Waals surface area contributed by atoms with E-state index in [1.165, 1.54) is 12.2 Å². The van der Waals surface area contributed by atoms with Crippen LogP contribution in [0.4, 0.5) is 0 Å². The summed E-state index contributed by atoms with van der Waals surface area (Å²) in [4.78, 5) is 26.8. The molecule has 1 aromatic rings. The number of carbonyl (C=O) groups excluding carboxylic acids is 2. The number of aliphatic hydroxyl groups excluding tert-OH is 2. The molecule has 36 heavy (non-hydrogen) atoms. The number of benzene rings is 1. The van der Waals surface area contributed by atoms with Gasteiger partial charge in [0.15, 0.2) is 0 Å². The van der Waals surface area contributed by atoms with Gasteiger partial charge in [-0.1, -0.05) is 63.6 Å². The summed E-state index contributed by atoms with van der Waals surface area (Å²) < 4.78 is 6.02. The lowest BCUT2D eigenvalue weighted by molar-refractivity contribution is -0.182. The number of hydrogen-bond donors (Lipinski definition) is 4. The van der Waals surface area contributed by atoms with Crippen molar-refractivity contribution in [3.8, 4) is 5.75 Å². The molecule has 8 atom stereocenters. The number of hydrogen-bond acceptors (Lipinski definition) is 6. The molecular formula is C29H37NO6. The summed E-state index contributed by atoms with van der Waals surface area (Å²) in [6.07, 6.45) is 7.81. The first-order chi connectivity index (χ1) is 17.1. The quantitative estimate of drug-likeness (QED) is 0.370. The number of carbonyl (C=O) groups is 2. The Hall–Kier alpha value is -2.90. The molecule has 1 saturated heterocycles. The van der Waals surface area contributed by atoms with Crippen molar-refractivity contribution in [3.05, 3.63) is 66.3 Å². The highest BCUT2D eigenvalue weighted by molar-refractivity contribution is 5.94. The van der Waals surface area contributed by atoms with Crippen LogP contribution >= 0.6 is 0 Å². The van der Waals surface area contributed by atoms with Gasteiger partial charge in [0.05, 0.1) is 18.1 Å². The number of allylic oxidation sites excluding steroid dienone is 1. The number of aromatic hydroxyl groups is 1. The maximum atomic E-state index is 13.8. The Morgan fingerprint density at radius 3 is 2.64 bits per heavy atom. The highest BCUT2D eigenvalue weighted by atomic mass is 16.6. The molecule has 2 fully saturated rings. The summed E-state index contributed by atoms with van der Waals surface area (Å²) >= 11 is 0. The van der Waals surface area contributed by atoms with E-state index in [4.69, 9.17) is 4.74 Å². The topological polar surface area (TPSA) is 116 Å². The van der Waals surface area contributed by atoms with Crippen LogP contribution in [0.2, 0.25) is 0 Å². The van der Waals surface area contributed by atoms with Crippen LogP contribution in [0, 0.1) is 23.7 Å². The smallest absolute Gasteiger partial charge is 0.331 e. The van der Waals surface area contributed by atoms with E-state index in [0.717, 1.165) is 19.3 Å². The Balaban J connectivity index is 1.79. The fourth-order valence-corrected chi connectivity index (χ4v) is 6.15. The van der Waals surface area contributed by atoms with Gasteiger partial charge in [0, 0.05) is 18.0 Å². The van der Waals surface area contributed by atoms with Gasteiger partial charge < -0.3 is 25.4 Å². The minimum absolute atomic E-state index is 0.125. The van der Waals surface area contributed by atoms with Crippen molar-refractivity contribution in [1.82, 2.24) is 5.32 Å². The van der Waals surface area contributed by atoms with E-state index >= 15 is 0 Å². The van der Waals surface area contributed by atoms with E-state index in [-0.39, 0.29) is 11.7 Å². The molecule has 0 aromatic heterocycles. The second-order valence-corrected chi connectivity index (χ2v) is 10.6. The van der Waals surface area contributed by atoms with Crippen molar-refractivity contribution >= 4 is 11.9 Å². The van der Waals surface area contributed by atoms with Crippen LogP contribution in [-0.2, 0) is 20.7 Å². The van der Waals surface area contributed by atoms with Crippen molar-refractivity contribution in [2.45, 2.75) is 69.8 Å². The van der Waals surface area contributed by atoms with E-state index in [0.29, 0.717) is 29.9 Å². The Morgan fingerprint density at radius 2 is 1.89 bits per heavy atom. The number of ether oxygens (including phenoxy) is 1. The number of esters is 1. The maximum Gasteiger partial charge on any atom is 0.331 e. The third kappa shape index (κ3) is 4.87. The number of nitrogens with one attached hydrogen (secondary N) is 1. The van der Waals surface area contributed by atoms with Crippen LogP contribution in [0.1, 0.15) is 45.1 Å². The minimum Gasteiger partial charge on any atom is -0.508 e. The van der Waals surface area contributed by atoms with Gasteiger partial charge in [0.1, 0.15) is 5.75 Å². The lowest BCUT2D eigenvalue weighted by Gasteiger charge is -2.49. The zero-order valence-corrected chi connectivity index (χ0v) is 21.0. The van der Waals surface area contributed by atoms with Crippen molar-refractivity contribution in [2.24, 2.45) is 23.7 Å². The van der Waals surface area contributed by atoms with Crippen molar-refractivity contribution in [2.75, 3.05) is 0 Å². The standard InChI is InChI=1S/C29H37NO6/c1-17-8-6-11-21(31)14-15-25(33)36-29-22(12-7-9-17)27(34)19(3)18(2)26(29)23(30-28(29)35)16-20-10-4-5-13-24(20)32/h4-5,7,10,12-15,17-18,21-23,26-27,31-32,34H,3,6,8-9,11,16H2,1-2H3,(H,30,35)/b12-7+,15-14+/t17-,18-,21-,22-,23+,26-,27-,29-/m1/s1. The average Bonchev–Trinajstić information content (AvgIpc) is 3.10. The molecule has 7 heteroatoms. The average molecular weight is 496 g/mol. The summed E-state index contributed by atoms with van der Waals surface area (Å²) in [6.45, 7) is 8.16. The first-order valence-corrected chi connectivity index (χ1v) is 12.9. The number of phenols is 1. The molecule has 3 aliphatic rings. The largest absolute Gasteiger partial charge is 0.508 e. The molecule has 1 spiro atoms. The molecule has 1 aromatic carbocycles. The molecule has 4 N–H and O–H groups in total. The van der Waals surface area contributed by atoms with Crippen molar-refractivity contribution < 1.29 is 29.6 Å². The molecular weight excluding hydrogens is 458 g/mol. The summed E-state index contributed by atoms with van der Waals surface area (Å²) in [7, 11) is 0. The molecule has 0 radical (unpaired) electrons. The first-order valence-electron chi connectivity index (χ1n) is 12.9. The van der Waals surface area contributed by atoms with E-state index < -0.39 is 47.6 Å². The highest BCUT2D eigenvalue weighted by Crippen LogP contribution is 2.52. The number of rotatable bonds is 2. The van der Waals surface area contributed by atoms with Gasteiger partial charge in [-0.15, -0.1) is 0 Å². The van der Waals surface area contributed by atoms with Gasteiger partial charge in [0.2, 0.25) is 5.60 Å². The van der Waals surface area contributed by atoms with Gasteiger partial charge >= 0.3 is 5.97 Å². The van der Waals surface area contributed by atoms with Gasteiger partial charge in [0.25, 0.3) is 5.91 Å². The summed E-state index contributed by atoms with van der Waals surface area (Å²) in [6, 6.07) is 6.49. The fourth-order valence-electron chi connectivity index (χ4n) is 6.15. The monoisotopic (exact) mass is 495 g/mol. The Bertz CT molecular complexity index is 1060. The van der Waals surface area contributed by atoms with Gasteiger partial charge in [-0.2, -0.15) is 0 Å². The molecule has 1 amide bonds. The lowest BCUT2D eigenvalue weighted by Crippen LogP contribution is -2.61. The number of para-hydroxylation sites is 1. The van der Waals surface area contributed by atoms with Crippen LogP contribution in [0.5, 0.6) is 5.75 Å². The molecule has 0 unspecified atom stereocenters. The molecule has 1 saturated carbocycles. The second-order valence-electron chi connectivity index (χ2n) is 10.6. The molecule has 2 heterocycles. The zero-order chi connectivity index (χ0) is 26.0. The zero-order valence-electron chi connectivity index (χ0n) is 21.0. The minimum atomic E-state index is -1.66. The maximum absolute atomic E-state index is 13.8. The van der Waals surface area contributed by atoms with Crippen LogP contribution in [0.25, 0.3) is 0 Å². The second kappa shape index (κ2) is 10.6. The Labute approximate surface area is 212 Å². The summed E-state index contributed by atoms with van der Waals surface area (Å²) in [5.74, 6) is -2.43. The number of phenolic OH excluding ortho intramolecular Hbond substituents is 1. The summed E-state index contributed by atoms with van der Waals surface area (Å²) in [5.41, 5.74) is -0.411. The fraction of sp³-hybridized carbons (Fsp3) is 0.517. The van der Waals surface area contributed by atoms with Gasteiger partial charge in [-0.3, -0.25) is 4.79 Å². The third-order valence-electron chi connectivity index (χ3n) is 8.17. The Morgan fingerprint density at radius 1 is 1.14 bits per heavy atom. The normalized spacial score (nSPS) is 39.2. The lowest BCUT2D eigenvalue weighted by atomic mass is 9.59. The van der Waals surface area contributed by atoms with E-state index in [2.05, 4.69) is 18.8 Å². The molecule has 194 valence electrons. The van der Waals surface area contributed by atoms with E-state index in [1.807, 2.05) is 25.1 Å². The SMILES string of the molecule is C=C1[C@@H](C)[C@@H]2[C@H](Cc3ccccc3O)NC(=O)[C@]23OC(=O)/C=C/[C@H](O)CCC[C@@H](C)C/C=C/[C@@H]3[C@@H]1O. The molecule has 4 rings (SSSR count). The van der Waals surface area contributed by atoms with Gasteiger partial charge in [-0.05, 0) is 54.4 Å². The van der Waals surface area contributed by atoms with E-state index in [9.17, 15) is 24.9 Å². The first kappa shape index (κ1) is 26.2. The molecule has 0 bridgehead atoms. The van der Waals surface area contributed by atoms with Crippen LogP contribution in [0.3, 0.4) is 0 Å². The van der Waals surface area contributed by atoms with E-state index in [1.54, 1.807) is 18.2 Å². The number of aliphatic hydroxyl groups is 2. The summed E-state index contributed by atoms with van der Waals surface area (Å²) in [5, 5.41) is 35.0.